The van der Waals surface area contributed by atoms with Crippen molar-refractivity contribution in [2.24, 2.45) is 0 Å². The van der Waals surface area contributed by atoms with Gasteiger partial charge in [0.05, 0.1) is 0 Å². The van der Waals surface area contributed by atoms with Gasteiger partial charge in [0.25, 0.3) is 0 Å². The molecule has 3 nitrogen and oxygen atoms in total. The lowest BCUT2D eigenvalue weighted by Gasteiger charge is -2.24. The lowest BCUT2D eigenvalue weighted by molar-refractivity contribution is -0.143. The van der Waals surface area contributed by atoms with Gasteiger partial charge in [-0.25, -0.2) is 4.39 Å². The summed E-state index contributed by atoms with van der Waals surface area (Å²) in [4.78, 5) is 13.2. The molecule has 0 radical (unpaired) electrons. The third-order valence-corrected chi connectivity index (χ3v) is 3.71. The molecule has 0 aliphatic carbocycles. The Bertz CT molecular complexity index is 433. The zero-order chi connectivity index (χ0) is 12.4. The van der Waals surface area contributed by atoms with Gasteiger partial charge in [-0.05, 0) is 49.7 Å². The molecule has 2 rings (SSSR count). The predicted octanol–water partition coefficient (Wildman–Crippen LogP) is 2.81. The Hall–Kier alpha value is -0.940. The average Bonchev–Trinajstić information content (AvgIpc) is 2.76. The number of carboxylic acid groups (broad SMARTS) is 1. The van der Waals surface area contributed by atoms with Crippen LogP contribution in [0.4, 0.5) is 4.39 Å². The van der Waals surface area contributed by atoms with Crippen LogP contribution in [-0.4, -0.2) is 29.1 Å². The van der Waals surface area contributed by atoms with Gasteiger partial charge < -0.3 is 5.11 Å². The molecule has 1 aromatic rings. The summed E-state index contributed by atoms with van der Waals surface area (Å²) < 4.78 is 13.9. The molecule has 5 heteroatoms. The van der Waals surface area contributed by atoms with Crippen LogP contribution in [-0.2, 0) is 4.79 Å². The van der Waals surface area contributed by atoms with E-state index in [4.69, 9.17) is 0 Å². The lowest BCUT2D eigenvalue weighted by Crippen LogP contribution is -2.32. The van der Waals surface area contributed by atoms with E-state index < -0.39 is 17.8 Å². The van der Waals surface area contributed by atoms with E-state index in [0.29, 0.717) is 10.0 Å². The van der Waals surface area contributed by atoms with Crippen molar-refractivity contribution >= 4 is 21.9 Å². The Balaban J connectivity index is 2.37. The average molecular weight is 302 g/mol. The molecule has 1 atom stereocenters. The Morgan fingerprint density at radius 3 is 2.65 bits per heavy atom. The van der Waals surface area contributed by atoms with Crippen molar-refractivity contribution in [1.29, 1.82) is 0 Å². The minimum absolute atomic E-state index is 0.409. The largest absolute Gasteiger partial charge is 0.480 e. The van der Waals surface area contributed by atoms with Crippen LogP contribution in [0.5, 0.6) is 0 Å². The summed E-state index contributed by atoms with van der Waals surface area (Å²) in [5, 5.41) is 9.32. The van der Waals surface area contributed by atoms with Gasteiger partial charge in [-0.15, -0.1) is 0 Å². The van der Waals surface area contributed by atoms with Gasteiger partial charge in [0.15, 0.2) is 0 Å². The van der Waals surface area contributed by atoms with Crippen molar-refractivity contribution in [3.63, 3.8) is 0 Å². The van der Waals surface area contributed by atoms with Crippen molar-refractivity contribution in [3.05, 3.63) is 34.1 Å². The zero-order valence-electron chi connectivity index (χ0n) is 9.20. The van der Waals surface area contributed by atoms with Crippen LogP contribution < -0.4 is 0 Å². The standard InChI is InChI=1S/C12H13BrFNO2/c13-10-4-3-8(14)7-9(10)11(12(16)17)15-5-1-2-6-15/h3-4,7,11H,1-2,5-6H2,(H,16,17). The molecule has 1 fully saturated rings. The maximum absolute atomic E-state index is 13.2. The maximum atomic E-state index is 13.2. The van der Waals surface area contributed by atoms with Gasteiger partial charge in [0.2, 0.25) is 0 Å². The Morgan fingerprint density at radius 1 is 1.41 bits per heavy atom. The lowest BCUT2D eigenvalue weighted by atomic mass is 10.1. The first-order chi connectivity index (χ1) is 8.09. The number of rotatable bonds is 3. The van der Waals surface area contributed by atoms with Crippen LogP contribution in [0.15, 0.2) is 22.7 Å². The minimum Gasteiger partial charge on any atom is -0.480 e. The summed E-state index contributed by atoms with van der Waals surface area (Å²) in [5.41, 5.74) is 0.486. The number of hydrogen-bond acceptors (Lipinski definition) is 2. The summed E-state index contributed by atoms with van der Waals surface area (Å²) in [6.07, 6.45) is 1.99. The van der Waals surface area contributed by atoms with E-state index in [2.05, 4.69) is 15.9 Å². The molecular formula is C12H13BrFNO2. The van der Waals surface area contributed by atoms with Crippen molar-refractivity contribution in [2.45, 2.75) is 18.9 Å². The van der Waals surface area contributed by atoms with Crippen molar-refractivity contribution in [1.82, 2.24) is 4.90 Å². The number of likely N-dealkylation sites (tertiary alicyclic amines) is 1. The van der Waals surface area contributed by atoms with Crippen molar-refractivity contribution < 1.29 is 14.3 Å². The van der Waals surface area contributed by atoms with E-state index in [9.17, 15) is 14.3 Å². The van der Waals surface area contributed by atoms with Crippen LogP contribution in [0.25, 0.3) is 0 Å². The molecule has 0 spiro atoms. The Morgan fingerprint density at radius 2 is 2.06 bits per heavy atom. The van der Waals surface area contributed by atoms with Crippen molar-refractivity contribution in [3.8, 4) is 0 Å². The Kier molecular flexibility index (Phi) is 3.79. The number of nitrogens with zero attached hydrogens (tertiary/aromatic N) is 1. The highest BCUT2D eigenvalue weighted by Gasteiger charge is 2.31. The SMILES string of the molecule is O=C(O)C(c1cc(F)ccc1Br)N1CCCC1. The first kappa shape index (κ1) is 12.5. The number of aliphatic carboxylic acids is 1. The second kappa shape index (κ2) is 5.14. The normalized spacial score (nSPS) is 18.2. The first-order valence-electron chi connectivity index (χ1n) is 5.51. The quantitative estimate of drug-likeness (QED) is 0.933. The molecule has 1 unspecified atom stereocenters. The molecule has 1 heterocycles. The van der Waals surface area contributed by atoms with Crippen LogP contribution in [0.3, 0.4) is 0 Å². The summed E-state index contributed by atoms with van der Waals surface area (Å²) in [7, 11) is 0. The molecule has 0 bridgehead atoms. The van der Waals surface area contributed by atoms with E-state index in [1.807, 2.05) is 4.90 Å². The Labute approximate surface area is 107 Å². The number of carbonyl (C=O) groups is 1. The molecule has 1 saturated heterocycles. The second-order valence-corrected chi connectivity index (χ2v) is 5.00. The van der Waals surface area contributed by atoms with E-state index in [-0.39, 0.29) is 0 Å². The predicted molar refractivity (Wildman–Crippen MR) is 65.3 cm³/mol. The van der Waals surface area contributed by atoms with E-state index in [1.54, 1.807) is 6.07 Å². The first-order valence-corrected chi connectivity index (χ1v) is 6.30. The molecule has 1 aliphatic heterocycles. The second-order valence-electron chi connectivity index (χ2n) is 4.15. The fraction of sp³-hybridized carbons (Fsp3) is 0.417. The number of benzene rings is 1. The zero-order valence-corrected chi connectivity index (χ0v) is 10.8. The smallest absolute Gasteiger partial charge is 0.325 e. The minimum atomic E-state index is -0.932. The van der Waals surface area contributed by atoms with Gasteiger partial charge >= 0.3 is 5.97 Å². The van der Waals surface area contributed by atoms with Crippen LogP contribution in [0, 0.1) is 5.82 Å². The van der Waals surface area contributed by atoms with Gasteiger partial charge in [-0.3, -0.25) is 9.69 Å². The third kappa shape index (κ3) is 2.66. The highest BCUT2D eigenvalue weighted by Crippen LogP contribution is 2.31. The van der Waals surface area contributed by atoms with Crippen LogP contribution in [0.2, 0.25) is 0 Å². The molecule has 1 aliphatic rings. The summed E-state index contributed by atoms with van der Waals surface area (Å²) in [5.74, 6) is -1.34. The van der Waals surface area contributed by atoms with E-state index in [0.717, 1.165) is 25.9 Å². The van der Waals surface area contributed by atoms with Gasteiger partial charge in [-0.2, -0.15) is 0 Å². The number of carboxylic acids is 1. The maximum Gasteiger partial charge on any atom is 0.325 e. The fourth-order valence-electron chi connectivity index (χ4n) is 2.21. The fourth-order valence-corrected chi connectivity index (χ4v) is 2.67. The number of halogens is 2. The van der Waals surface area contributed by atoms with Gasteiger partial charge in [-0.1, -0.05) is 15.9 Å². The van der Waals surface area contributed by atoms with Crippen molar-refractivity contribution in [2.75, 3.05) is 13.1 Å². The molecule has 0 amide bonds. The molecule has 17 heavy (non-hydrogen) atoms. The molecule has 0 saturated carbocycles. The third-order valence-electron chi connectivity index (χ3n) is 2.99. The molecule has 1 aromatic carbocycles. The number of hydrogen-bond donors (Lipinski definition) is 1. The highest BCUT2D eigenvalue weighted by molar-refractivity contribution is 9.10. The van der Waals surface area contributed by atoms with Gasteiger partial charge in [0, 0.05) is 4.47 Å². The molecule has 92 valence electrons. The van der Waals surface area contributed by atoms with E-state index in [1.165, 1.54) is 12.1 Å². The molecule has 1 N–H and O–H groups in total. The van der Waals surface area contributed by atoms with Crippen LogP contribution in [0.1, 0.15) is 24.4 Å². The summed E-state index contributed by atoms with van der Waals surface area (Å²) in [6, 6.07) is 3.40. The summed E-state index contributed by atoms with van der Waals surface area (Å²) in [6.45, 7) is 1.50. The van der Waals surface area contributed by atoms with Crippen LogP contribution >= 0.6 is 15.9 Å². The van der Waals surface area contributed by atoms with E-state index >= 15 is 0 Å². The summed E-state index contributed by atoms with van der Waals surface area (Å²) >= 11 is 3.29. The molecular weight excluding hydrogens is 289 g/mol. The van der Waals surface area contributed by atoms with Gasteiger partial charge in [0.1, 0.15) is 11.9 Å². The molecule has 0 aromatic heterocycles. The monoisotopic (exact) mass is 301 g/mol. The topological polar surface area (TPSA) is 40.5 Å². The highest BCUT2D eigenvalue weighted by atomic mass is 79.9.